The SMILES string of the molecule is C=CCN(CC(=O)O)C(=O)COc1cc(C)cc(C)c1. The molecule has 0 bridgehead atoms. The van der Waals surface area contributed by atoms with E-state index in [1.54, 1.807) is 0 Å². The molecule has 0 radical (unpaired) electrons. The number of hydrogen-bond donors (Lipinski definition) is 1. The molecule has 0 atom stereocenters. The van der Waals surface area contributed by atoms with Crippen LogP contribution in [0.3, 0.4) is 0 Å². The Bertz CT molecular complexity index is 490. The fourth-order valence-corrected chi connectivity index (χ4v) is 1.83. The summed E-state index contributed by atoms with van der Waals surface area (Å²) in [5.41, 5.74) is 2.09. The van der Waals surface area contributed by atoms with Crippen molar-refractivity contribution in [2.45, 2.75) is 13.8 Å². The van der Waals surface area contributed by atoms with Gasteiger partial charge in [-0.25, -0.2) is 0 Å². The molecule has 1 aromatic carbocycles. The lowest BCUT2D eigenvalue weighted by atomic mass is 10.1. The standard InChI is InChI=1S/C15H19NO4/c1-4-5-16(9-15(18)19)14(17)10-20-13-7-11(2)6-12(3)8-13/h4,6-8H,1,5,9-10H2,2-3H3,(H,18,19). The number of carboxylic acid groups (broad SMARTS) is 1. The predicted octanol–water partition coefficient (Wildman–Crippen LogP) is 1.78. The molecule has 0 saturated heterocycles. The molecule has 0 spiro atoms. The van der Waals surface area contributed by atoms with Crippen LogP contribution in [0.25, 0.3) is 0 Å². The summed E-state index contributed by atoms with van der Waals surface area (Å²) in [6.07, 6.45) is 1.48. The van der Waals surface area contributed by atoms with Gasteiger partial charge in [-0.2, -0.15) is 0 Å². The van der Waals surface area contributed by atoms with Crippen LogP contribution in [-0.4, -0.2) is 41.6 Å². The number of carbonyl (C=O) groups excluding carboxylic acids is 1. The minimum atomic E-state index is -1.06. The van der Waals surface area contributed by atoms with Crippen molar-refractivity contribution < 1.29 is 19.4 Å². The fourth-order valence-electron chi connectivity index (χ4n) is 1.83. The number of aliphatic carboxylic acids is 1. The zero-order valence-corrected chi connectivity index (χ0v) is 11.8. The third kappa shape index (κ3) is 5.14. The van der Waals surface area contributed by atoms with Crippen LogP contribution in [0, 0.1) is 13.8 Å². The molecule has 1 amide bonds. The molecule has 108 valence electrons. The third-order valence-electron chi connectivity index (χ3n) is 2.59. The number of rotatable bonds is 7. The zero-order valence-electron chi connectivity index (χ0n) is 11.8. The average Bonchev–Trinajstić information content (AvgIpc) is 2.33. The first-order chi connectivity index (χ1) is 9.42. The van der Waals surface area contributed by atoms with Crippen molar-refractivity contribution in [3.63, 3.8) is 0 Å². The molecule has 5 nitrogen and oxygen atoms in total. The molecular formula is C15H19NO4. The van der Waals surface area contributed by atoms with Crippen LogP contribution in [0.1, 0.15) is 11.1 Å². The largest absolute Gasteiger partial charge is 0.484 e. The van der Waals surface area contributed by atoms with E-state index >= 15 is 0 Å². The normalized spacial score (nSPS) is 9.90. The van der Waals surface area contributed by atoms with E-state index in [4.69, 9.17) is 9.84 Å². The number of carbonyl (C=O) groups is 2. The van der Waals surface area contributed by atoms with Crippen LogP contribution in [0.2, 0.25) is 0 Å². The van der Waals surface area contributed by atoms with Gasteiger partial charge in [0.2, 0.25) is 0 Å². The molecule has 1 aromatic rings. The maximum absolute atomic E-state index is 11.9. The second-order valence-corrected chi connectivity index (χ2v) is 4.57. The molecule has 0 heterocycles. The maximum atomic E-state index is 11.9. The highest BCUT2D eigenvalue weighted by molar-refractivity contribution is 5.82. The van der Waals surface area contributed by atoms with E-state index in [2.05, 4.69) is 6.58 Å². The first kappa shape index (κ1) is 15.8. The number of ether oxygens (including phenoxy) is 1. The highest BCUT2D eigenvalue weighted by Crippen LogP contribution is 2.16. The van der Waals surface area contributed by atoms with E-state index in [1.165, 1.54) is 11.0 Å². The summed E-state index contributed by atoms with van der Waals surface area (Å²) < 4.78 is 5.42. The van der Waals surface area contributed by atoms with Gasteiger partial charge in [0.25, 0.3) is 5.91 Å². The second kappa shape index (κ2) is 7.33. The Morgan fingerprint density at radius 2 is 1.90 bits per heavy atom. The Kier molecular flexibility index (Phi) is 5.77. The number of aryl methyl sites for hydroxylation is 2. The Balaban J connectivity index is 2.64. The van der Waals surface area contributed by atoms with Gasteiger partial charge in [-0.1, -0.05) is 12.1 Å². The quantitative estimate of drug-likeness (QED) is 0.771. The molecule has 0 aromatic heterocycles. The molecule has 5 heteroatoms. The smallest absolute Gasteiger partial charge is 0.323 e. The topological polar surface area (TPSA) is 66.8 Å². The molecule has 1 N–H and O–H groups in total. The Morgan fingerprint density at radius 3 is 2.40 bits per heavy atom. The minimum Gasteiger partial charge on any atom is -0.484 e. The average molecular weight is 277 g/mol. The first-order valence-corrected chi connectivity index (χ1v) is 6.24. The van der Waals surface area contributed by atoms with Crippen LogP contribution in [-0.2, 0) is 9.59 Å². The molecule has 0 aliphatic rings. The van der Waals surface area contributed by atoms with Crippen LogP contribution in [0.4, 0.5) is 0 Å². The van der Waals surface area contributed by atoms with Gasteiger partial charge in [-0.3, -0.25) is 9.59 Å². The van der Waals surface area contributed by atoms with E-state index in [-0.39, 0.29) is 25.6 Å². The van der Waals surface area contributed by atoms with Gasteiger partial charge in [0.05, 0.1) is 0 Å². The van der Waals surface area contributed by atoms with Gasteiger partial charge in [-0.05, 0) is 37.1 Å². The summed E-state index contributed by atoms with van der Waals surface area (Å²) in [5, 5.41) is 8.75. The third-order valence-corrected chi connectivity index (χ3v) is 2.59. The molecule has 0 saturated carbocycles. The molecule has 0 fully saturated rings. The van der Waals surface area contributed by atoms with Crippen molar-refractivity contribution in [1.29, 1.82) is 0 Å². The van der Waals surface area contributed by atoms with Gasteiger partial charge in [0, 0.05) is 6.54 Å². The highest BCUT2D eigenvalue weighted by atomic mass is 16.5. The number of amides is 1. The van der Waals surface area contributed by atoms with Crippen LogP contribution in [0.15, 0.2) is 30.9 Å². The number of nitrogens with zero attached hydrogens (tertiary/aromatic N) is 1. The van der Waals surface area contributed by atoms with Crippen LogP contribution in [0.5, 0.6) is 5.75 Å². The van der Waals surface area contributed by atoms with Crippen molar-refractivity contribution in [2.24, 2.45) is 0 Å². The van der Waals surface area contributed by atoms with Crippen LogP contribution >= 0.6 is 0 Å². The summed E-state index contributed by atoms with van der Waals surface area (Å²) in [6, 6.07) is 5.66. The summed E-state index contributed by atoms with van der Waals surface area (Å²) >= 11 is 0. The molecular weight excluding hydrogens is 258 g/mol. The Labute approximate surface area is 118 Å². The Morgan fingerprint density at radius 1 is 1.30 bits per heavy atom. The zero-order chi connectivity index (χ0) is 15.1. The lowest BCUT2D eigenvalue weighted by molar-refractivity contribution is -0.144. The molecule has 0 aliphatic carbocycles. The van der Waals surface area contributed by atoms with Crippen LogP contribution < -0.4 is 4.74 Å². The molecule has 0 aliphatic heterocycles. The summed E-state index contributed by atoms with van der Waals surface area (Å²) in [4.78, 5) is 23.8. The lowest BCUT2D eigenvalue weighted by Gasteiger charge is -2.19. The van der Waals surface area contributed by atoms with E-state index in [0.717, 1.165) is 11.1 Å². The van der Waals surface area contributed by atoms with Crippen molar-refractivity contribution >= 4 is 11.9 Å². The molecule has 20 heavy (non-hydrogen) atoms. The van der Waals surface area contributed by atoms with Gasteiger partial charge < -0.3 is 14.7 Å². The lowest BCUT2D eigenvalue weighted by Crippen LogP contribution is -2.38. The van der Waals surface area contributed by atoms with Crippen molar-refractivity contribution in [3.05, 3.63) is 42.0 Å². The highest BCUT2D eigenvalue weighted by Gasteiger charge is 2.16. The van der Waals surface area contributed by atoms with E-state index in [9.17, 15) is 9.59 Å². The number of hydrogen-bond acceptors (Lipinski definition) is 3. The molecule has 0 unspecified atom stereocenters. The predicted molar refractivity (Wildman–Crippen MR) is 75.8 cm³/mol. The second-order valence-electron chi connectivity index (χ2n) is 4.57. The van der Waals surface area contributed by atoms with Crippen molar-refractivity contribution in [2.75, 3.05) is 19.7 Å². The van der Waals surface area contributed by atoms with E-state index in [1.807, 2.05) is 32.0 Å². The minimum absolute atomic E-state index is 0.182. The fraction of sp³-hybridized carbons (Fsp3) is 0.333. The summed E-state index contributed by atoms with van der Waals surface area (Å²) in [7, 11) is 0. The van der Waals surface area contributed by atoms with Crippen molar-refractivity contribution in [3.8, 4) is 5.75 Å². The summed E-state index contributed by atoms with van der Waals surface area (Å²) in [6.45, 7) is 7.02. The van der Waals surface area contributed by atoms with E-state index < -0.39 is 5.97 Å². The number of benzene rings is 1. The number of carboxylic acids is 1. The van der Waals surface area contributed by atoms with Gasteiger partial charge in [-0.15, -0.1) is 6.58 Å². The summed E-state index contributed by atoms with van der Waals surface area (Å²) in [5.74, 6) is -0.845. The maximum Gasteiger partial charge on any atom is 0.323 e. The first-order valence-electron chi connectivity index (χ1n) is 6.24. The molecule has 1 rings (SSSR count). The Hall–Kier alpha value is -2.30. The van der Waals surface area contributed by atoms with Gasteiger partial charge in [0.15, 0.2) is 6.61 Å². The van der Waals surface area contributed by atoms with E-state index in [0.29, 0.717) is 5.75 Å². The monoisotopic (exact) mass is 277 g/mol. The van der Waals surface area contributed by atoms with Crippen molar-refractivity contribution in [1.82, 2.24) is 4.90 Å². The van der Waals surface area contributed by atoms with Gasteiger partial charge >= 0.3 is 5.97 Å². The van der Waals surface area contributed by atoms with Gasteiger partial charge in [0.1, 0.15) is 12.3 Å².